The second-order valence-corrected chi connectivity index (χ2v) is 4.03. The van der Waals surface area contributed by atoms with Gasteiger partial charge in [0.1, 0.15) is 10.8 Å². The van der Waals surface area contributed by atoms with Crippen LogP contribution in [0.2, 0.25) is 5.15 Å². The molecule has 0 aliphatic carbocycles. The summed E-state index contributed by atoms with van der Waals surface area (Å²) in [6.45, 7) is 1.40. The Morgan fingerprint density at radius 3 is 2.56 bits per heavy atom. The molecular weight excluding hydrogens is 266 g/mol. The van der Waals surface area contributed by atoms with Crippen LogP contribution in [0.4, 0.5) is 8.78 Å². The molecule has 0 saturated carbocycles. The number of aromatic nitrogens is 2. The molecule has 0 spiro atoms. The van der Waals surface area contributed by atoms with Crippen molar-refractivity contribution < 1.29 is 8.78 Å². The number of nitrogens with one attached hydrogen (secondary N) is 1. The maximum Gasteiger partial charge on any atom is 0.334 e. The zero-order valence-corrected chi connectivity index (χ0v) is 9.89. The Morgan fingerprint density at radius 2 is 1.94 bits per heavy atom. The third-order valence-corrected chi connectivity index (χ3v) is 2.59. The molecule has 0 atom stereocenters. The Morgan fingerprint density at radius 1 is 1.28 bits per heavy atom. The molecule has 1 aromatic heterocycles. The van der Waals surface area contributed by atoms with Crippen LogP contribution in [-0.4, -0.2) is 9.55 Å². The van der Waals surface area contributed by atoms with Gasteiger partial charge in [0, 0.05) is 6.07 Å². The smallest absolute Gasteiger partial charge is 0.297 e. The molecule has 7 heteroatoms. The van der Waals surface area contributed by atoms with Crippen molar-refractivity contribution in [1.82, 2.24) is 9.55 Å². The lowest BCUT2D eigenvalue weighted by molar-refractivity contribution is 0.556. The summed E-state index contributed by atoms with van der Waals surface area (Å²) in [6, 6.07) is 3.06. The van der Waals surface area contributed by atoms with E-state index in [2.05, 4.69) is 4.98 Å². The second-order valence-electron chi connectivity index (χ2n) is 3.62. The molecule has 94 valence electrons. The maximum atomic E-state index is 13.8. The summed E-state index contributed by atoms with van der Waals surface area (Å²) in [6.07, 6.45) is 0. The van der Waals surface area contributed by atoms with Gasteiger partial charge in [-0.3, -0.25) is 9.78 Å². The van der Waals surface area contributed by atoms with Gasteiger partial charge in [-0.05, 0) is 18.6 Å². The standard InChI is InChI=1S/C11H7ClF2N2O2/c1-5-2-3-6(13)10(9(5)14)16-8(17)4-7(12)15-11(16)18/h2-4H,1H3,(H,15,18). The van der Waals surface area contributed by atoms with Gasteiger partial charge < -0.3 is 0 Å². The van der Waals surface area contributed by atoms with E-state index in [0.29, 0.717) is 4.57 Å². The Labute approximate surface area is 104 Å². The van der Waals surface area contributed by atoms with Crippen LogP contribution in [0.5, 0.6) is 0 Å². The lowest BCUT2D eigenvalue weighted by Gasteiger charge is -2.08. The molecule has 4 nitrogen and oxygen atoms in total. The summed E-state index contributed by atoms with van der Waals surface area (Å²) in [5.41, 5.74) is -2.51. The van der Waals surface area contributed by atoms with Gasteiger partial charge in [-0.25, -0.2) is 18.1 Å². The Kier molecular flexibility index (Phi) is 3.04. The Hall–Kier alpha value is -1.95. The minimum atomic E-state index is -1.01. The van der Waals surface area contributed by atoms with Crippen molar-refractivity contribution in [3.8, 4) is 5.69 Å². The molecule has 0 aliphatic heterocycles. The molecule has 0 amide bonds. The topological polar surface area (TPSA) is 54.9 Å². The number of halogens is 3. The van der Waals surface area contributed by atoms with Gasteiger partial charge in [0.05, 0.1) is 0 Å². The van der Waals surface area contributed by atoms with Crippen molar-refractivity contribution in [2.75, 3.05) is 0 Å². The minimum absolute atomic E-state index is 0.118. The Balaban J connectivity index is 2.91. The van der Waals surface area contributed by atoms with Crippen LogP contribution in [0.25, 0.3) is 5.69 Å². The predicted molar refractivity (Wildman–Crippen MR) is 62.3 cm³/mol. The molecule has 0 radical (unpaired) electrons. The van der Waals surface area contributed by atoms with E-state index < -0.39 is 28.6 Å². The van der Waals surface area contributed by atoms with Gasteiger partial charge in [0.2, 0.25) is 0 Å². The van der Waals surface area contributed by atoms with Gasteiger partial charge in [-0.2, -0.15) is 0 Å². The monoisotopic (exact) mass is 272 g/mol. The van der Waals surface area contributed by atoms with Crippen molar-refractivity contribution in [2.45, 2.75) is 6.92 Å². The molecule has 1 aromatic carbocycles. The molecule has 0 saturated heterocycles. The predicted octanol–water partition coefficient (Wildman–Crippen LogP) is 1.77. The number of nitrogens with zero attached hydrogens (tertiary/aromatic N) is 1. The van der Waals surface area contributed by atoms with Crippen LogP contribution in [0.1, 0.15) is 5.56 Å². The van der Waals surface area contributed by atoms with Crippen LogP contribution >= 0.6 is 11.6 Å². The van der Waals surface area contributed by atoms with E-state index in [0.717, 1.165) is 12.1 Å². The molecule has 0 bridgehead atoms. The second kappa shape index (κ2) is 4.38. The van der Waals surface area contributed by atoms with Crippen LogP contribution < -0.4 is 11.2 Å². The highest BCUT2D eigenvalue weighted by Gasteiger charge is 2.17. The number of hydrogen-bond acceptors (Lipinski definition) is 2. The van der Waals surface area contributed by atoms with Crippen LogP contribution in [0.15, 0.2) is 27.8 Å². The van der Waals surface area contributed by atoms with E-state index in [-0.39, 0.29) is 10.7 Å². The highest BCUT2D eigenvalue weighted by molar-refractivity contribution is 6.29. The maximum absolute atomic E-state index is 13.8. The third kappa shape index (κ3) is 1.95. The minimum Gasteiger partial charge on any atom is -0.297 e. The van der Waals surface area contributed by atoms with E-state index in [9.17, 15) is 18.4 Å². The zero-order chi connectivity index (χ0) is 13.4. The molecule has 2 rings (SSSR count). The first-order chi connectivity index (χ1) is 8.41. The lowest BCUT2D eigenvalue weighted by Crippen LogP contribution is -2.34. The fourth-order valence-corrected chi connectivity index (χ4v) is 1.70. The highest BCUT2D eigenvalue weighted by atomic mass is 35.5. The fourth-order valence-electron chi connectivity index (χ4n) is 1.53. The molecule has 1 N–H and O–H groups in total. The summed E-state index contributed by atoms with van der Waals surface area (Å²) in [5.74, 6) is -1.97. The van der Waals surface area contributed by atoms with Gasteiger partial charge in [-0.15, -0.1) is 0 Å². The highest BCUT2D eigenvalue weighted by Crippen LogP contribution is 2.18. The van der Waals surface area contributed by atoms with Crippen molar-refractivity contribution in [3.05, 3.63) is 61.4 Å². The molecule has 0 fully saturated rings. The summed E-state index contributed by atoms with van der Waals surface area (Å²) in [7, 11) is 0. The van der Waals surface area contributed by atoms with Crippen molar-refractivity contribution >= 4 is 11.6 Å². The SMILES string of the molecule is Cc1ccc(F)c(-n2c(=O)cc(Cl)[nH]c2=O)c1F. The van der Waals surface area contributed by atoms with Crippen LogP contribution in [-0.2, 0) is 0 Å². The third-order valence-electron chi connectivity index (χ3n) is 2.38. The number of benzene rings is 1. The van der Waals surface area contributed by atoms with Gasteiger partial charge in [0.25, 0.3) is 5.56 Å². The van der Waals surface area contributed by atoms with Gasteiger partial charge in [0.15, 0.2) is 11.6 Å². The quantitative estimate of drug-likeness (QED) is 0.805. The van der Waals surface area contributed by atoms with E-state index in [4.69, 9.17) is 11.6 Å². The summed E-state index contributed by atoms with van der Waals surface area (Å²) < 4.78 is 27.8. The summed E-state index contributed by atoms with van der Waals surface area (Å²) in [4.78, 5) is 25.3. The lowest BCUT2D eigenvalue weighted by atomic mass is 10.2. The average molecular weight is 273 g/mol. The molecular formula is C11H7ClF2N2O2. The normalized spacial score (nSPS) is 10.7. The summed E-state index contributed by atoms with van der Waals surface area (Å²) >= 11 is 5.46. The van der Waals surface area contributed by atoms with E-state index in [1.807, 2.05) is 0 Å². The van der Waals surface area contributed by atoms with Crippen molar-refractivity contribution in [3.63, 3.8) is 0 Å². The summed E-state index contributed by atoms with van der Waals surface area (Å²) in [5, 5.41) is -0.199. The number of hydrogen-bond donors (Lipinski definition) is 1. The van der Waals surface area contributed by atoms with Gasteiger partial charge in [-0.1, -0.05) is 17.7 Å². The van der Waals surface area contributed by atoms with Crippen LogP contribution in [0.3, 0.4) is 0 Å². The molecule has 0 unspecified atom stereocenters. The Bertz CT molecular complexity index is 706. The molecule has 0 aliphatic rings. The van der Waals surface area contributed by atoms with Crippen LogP contribution in [0, 0.1) is 18.6 Å². The first-order valence-electron chi connectivity index (χ1n) is 4.88. The van der Waals surface area contributed by atoms with Gasteiger partial charge >= 0.3 is 5.69 Å². The zero-order valence-electron chi connectivity index (χ0n) is 9.13. The fraction of sp³-hybridized carbons (Fsp3) is 0.0909. The van der Waals surface area contributed by atoms with Crippen molar-refractivity contribution in [1.29, 1.82) is 0 Å². The average Bonchev–Trinajstić information content (AvgIpc) is 2.27. The molecule has 2 aromatic rings. The van der Waals surface area contributed by atoms with E-state index in [1.165, 1.54) is 13.0 Å². The molecule has 1 heterocycles. The largest absolute Gasteiger partial charge is 0.334 e. The van der Waals surface area contributed by atoms with Crippen molar-refractivity contribution in [2.24, 2.45) is 0 Å². The number of rotatable bonds is 1. The first-order valence-corrected chi connectivity index (χ1v) is 5.26. The number of H-pyrrole nitrogens is 1. The number of aryl methyl sites for hydroxylation is 1. The first kappa shape index (κ1) is 12.5. The number of aromatic amines is 1. The van der Waals surface area contributed by atoms with E-state index >= 15 is 0 Å². The van der Waals surface area contributed by atoms with E-state index in [1.54, 1.807) is 0 Å². The molecule has 18 heavy (non-hydrogen) atoms.